The summed E-state index contributed by atoms with van der Waals surface area (Å²) in [5.41, 5.74) is 6.78. The van der Waals surface area contributed by atoms with E-state index in [0.29, 0.717) is 11.9 Å². The molecule has 3 rings (SSSR count). The lowest BCUT2D eigenvalue weighted by molar-refractivity contribution is -0.0962. The predicted molar refractivity (Wildman–Crippen MR) is 63.8 cm³/mol. The Bertz CT molecular complexity index is 390. The summed E-state index contributed by atoms with van der Waals surface area (Å²) < 4.78 is 13.4. The molecule has 3 heterocycles. The number of hydrogen-bond acceptors (Lipinski definition) is 4. The largest absolute Gasteiger partial charge is 0.382 e. The summed E-state index contributed by atoms with van der Waals surface area (Å²) in [6, 6.07) is 0.390. The van der Waals surface area contributed by atoms with Crippen molar-refractivity contribution in [3.05, 3.63) is 11.8 Å². The molecule has 2 aliphatic rings. The Labute approximate surface area is 101 Å². The summed E-state index contributed by atoms with van der Waals surface area (Å²) in [4.78, 5) is 0. The van der Waals surface area contributed by atoms with Crippen LogP contribution in [0.25, 0.3) is 0 Å². The fourth-order valence-corrected chi connectivity index (χ4v) is 2.77. The van der Waals surface area contributed by atoms with Crippen molar-refractivity contribution < 1.29 is 9.47 Å². The molecule has 1 aromatic heterocycles. The van der Waals surface area contributed by atoms with Crippen molar-refractivity contribution in [3.63, 3.8) is 0 Å². The van der Waals surface area contributed by atoms with Gasteiger partial charge in [-0.1, -0.05) is 0 Å². The highest BCUT2D eigenvalue weighted by Gasteiger charge is 2.41. The second kappa shape index (κ2) is 3.99. The minimum Gasteiger partial charge on any atom is -0.382 e. The molecule has 5 nitrogen and oxygen atoms in total. The molecule has 1 aromatic rings. The van der Waals surface area contributed by atoms with Crippen molar-refractivity contribution in [3.8, 4) is 0 Å². The number of nitrogen functional groups attached to an aromatic ring is 1. The van der Waals surface area contributed by atoms with E-state index in [0.717, 1.165) is 44.6 Å². The predicted octanol–water partition coefficient (Wildman–Crippen LogP) is 1.28. The van der Waals surface area contributed by atoms with Crippen molar-refractivity contribution in [1.82, 2.24) is 9.78 Å². The van der Waals surface area contributed by atoms with Crippen LogP contribution in [0.1, 0.15) is 30.9 Å². The first-order chi connectivity index (χ1) is 8.19. The van der Waals surface area contributed by atoms with Gasteiger partial charge < -0.3 is 15.2 Å². The molecule has 1 spiro atoms. The summed E-state index contributed by atoms with van der Waals surface area (Å²) in [5, 5.41) is 4.39. The Kier molecular flexibility index (Phi) is 2.60. The third kappa shape index (κ3) is 1.93. The molecule has 2 aliphatic heterocycles. The van der Waals surface area contributed by atoms with Crippen LogP contribution >= 0.6 is 0 Å². The number of ether oxygens (including phenoxy) is 2. The van der Waals surface area contributed by atoms with Gasteiger partial charge in [0.05, 0.1) is 18.2 Å². The summed E-state index contributed by atoms with van der Waals surface area (Å²) >= 11 is 0. The maximum atomic E-state index is 5.92. The minimum atomic E-state index is -0.0719. The monoisotopic (exact) mass is 237 g/mol. The summed E-state index contributed by atoms with van der Waals surface area (Å²) in [5.74, 6) is 0.633. The van der Waals surface area contributed by atoms with Crippen LogP contribution in [-0.4, -0.2) is 35.2 Å². The number of hydrogen-bond donors (Lipinski definition) is 1. The van der Waals surface area contributed by atoms with Gasteiger partial charge in [0.25, 0.3) is 0 Å². The van der Waals surface area contributed by atoms with Crippen LogP contribution in [0, 0.1) is 6.92 Å². The minimum absolute atomic E-state index is 0.0719. The van der Waals surface area contributed by atoms with Crippen LogP contribution in [0.2, 0.25) is 0 Å². The molecule has 0 saturated carbocycles. The maximum Gasteiger partial charge on any atom is 0.148 e. The van der Waals surface area contributed by atoms with E-state index < -0.39 is 0 Å². The van der Waals surface area contributed by atoms with Gasteiger partial charge in [0.2, 0.25) is 0 Å². The maximum absolute atomic E-state index is 5.92. The molecule has 0 radical (unpaired) electrons. The van der Waals surface area contributed by atoms with Crippen LogP contribution < -0.4 is 5.73 Å². The lowest BCUT2D eigenvalue weighted by atomic mass is 9.90. The normalized spacial score (nSPS) is 33.4. The van der Waals surface area contributed by atoms with Gasteiger partial charge in [-0.05, 0) is 13.3 Å². The topological polar surface area (TPSA) is 62.3 Å². The van der Waals surface area contributed by atoms with Gasteiger partial charge in [0, 0.05) is 37.8 Å². The van der Waals surface area contributed by atoms with Gasteiger partial charge >= 0.3 is 0 Å². The van der Waals surface area contributed by atoms with E-state index in [1.807, 2.05) is 17.8 Å². The Balaban J connectivity index is 1.79. The molecule has 17 heavy (non-hydrogen) atoms. The number of rotatable bonds is 1. The van der Waals surface area contributed by atoms with E-state index in [9.17, 15) is 0 Å². The molecule has 0 amide bonds. The number of nitrogens with zero attached hydrogens (tertiary/aromatic N) is 2. The average Bonchev–Trinajstić information content (AvgIpc) is 2.88. The Morgan fingerprint density at radius 1 is 1.53 bits per heavy atom. The molecule has 0 bridgehead atoms. The van der Waals surface area contributed by atoms with E-state index in [1.54, 1.807) is 0 Å². The number of anilines is 1. The Morgan fingerprint density at radius 3 is 3.06 bits per heavy atom. The van der Waals surface area contributed by atoms with Crippen molar-refractivity contribution in [2.45, 2.75) is 37.8 Å². The molecule has 0 aliphatic carbocycles. The number of nitrogens with two attached hydrogens (primary N) is 1. The molecule has 5 heteroatoms. The molecular weight excluding hydrogens is 218 g/mol. The molecule has 94 valence electrons. The highest BCUT2D eigenvalue weighted by atomic mass is 16.6. The van der Waals surface area contributed by atoms with Crippen LogP contribution in [0.4, 0.5) is 5.82 Å². The lowest BCUT2D eigenvalue weighted by Crippen LogP contribution is -2.41. The second-order valence-electron chi connectivity index (χ2n) is 5.16. The van der Waals surface area contributed by atoms with Gasteiger partial charge in [-0.25, -0.2) is 0 Å². The molecule has 0 aromatic carbocycles. The lowest BCUT2D eigenvalue weighted by Gasteiger charge is -2.37. The van der Waals surface area contributed by atoms with Gasteiger partial charge in [0.1, 0.15) is 5.82 Å². The molecule has 2 saturated heterocycles. The van der Waals surface area contributed by atoms with E-state index in [2.05, 4.69) is 5.10 Å². The zero-order valence-electron chi connectivity index (χ0n) is 10.2. The third-order valence-corrected chi connectivity index (χ3v) is 3.86. The third-order valence-electron chi connectivity index (χ3n) is 3.86. The second-order valence-corrected chi connectivity index (χ2v) is 5.16. The highest BCUT2D eigenvalue weighted by Crippen LogP contribution is 2.37. The molecule has 2 fully saturated rings. The van der Waals surface area contributed by atoms with Crippen LogP contribution in [0.15, 0.2) is 6.20 Å². The average molecular weight is 237 g/mol. The summed E-state index contributed by atoms with van der Waals surface area (Å²) in [6.07, 6.45) is 5.02. The summed E-state index contributed by atoms with van der Waals surface area (Å²) in [6.45, 7) is 4.31. The number of aromatic nitrogens is 2. The van der Waals surface area contributed by atoms with E-state index in [4.69, 9.17) is 15.2 Å². The first-order valence-electron chi connectivity index (χ1n) is 6.21. The quantitative estimate of drug-likeness (QED) is 0.799. The fourth-order valence-electron chi connectivity index (χ4n) is 2.77. The van der Waals surface area contributed by atoms with Crippen LogP contribution in [0.3, 0.4) is 0 Å². The highest BCUT2D eigenvalue weighted by molar-refractivity contribution is 5.35. The zero-order valence-corrected chi connectivity index (χ0v) is 10.2. The fraction of sp³-hybridized carbons (Fsp3) is 0.750. The van der Waals surface area contributed by atoms with Crippen LogP contribution in [-0.2, 0) is 9.47 Å². The smallest absolute Gasteiger partial charge is 0.148 e. The van der Waals surface area contributed by atoms with Crippen molar-refractivity contribution in [2.75, 3.05) is 25.6 Å². The van der Waals surface area contributed by atoms with Gasteiger partial charge in [-0.3, -0.25) is 4.68 Å². The number of aryl methyl sites for hydroxylation is 1. The Morgan fingerprint density at radius 2 is 2.41 bits per heavy atom. The molecular formula is C12H19N3O2. The van der Waals surface area contributed by atoms with E-state index in [1.165, 1.54) is 0 Å². The SMILES string of the molecule is Cc1cn(C2CCOC3(CCOC3)C2)nc1N. The molecule has 2 atom stereocenters. The Hall–Kier alpha value is -1.07. The first kappa shape index (κ1) is 11.0. The summed E-state index contributed by atoms with van der Waals surface area (Å²) in [7, 11) is 0. The molecule has 2 unspecified atom stereocenters. The van der Waals surface area contributed by atoms with E-state index >= 15 is 0 Å². The van der Waals surface area contributed by atoms with Crippen molar-refractivity contribution in [1.29, 1.82) is 0 Å². The standard InChI is InChI=1S/C12H19N3O2/c1-9-7-15(14-11(9)13)10-2-4-17-12(6-10)3-5-16-8-12/h7,10H,2-6,8H2,1H3,(H2,13,14). The molecule has 2 N–H and O–H groups in total. The van der Waals surface area contributed by atoms with Crippen LogP contribution in [0.5, 0.6) is 0 Å². The van der Waals surface area contributed by atoms with E-state index in [-0.39, 0.29) is 5.60 Å². The zero-order chi connectivity index (χ0) is 11.9. The van der Waals surface area contributed by atoms with Crippen molar-refractivity contribution in [2.24, 2.45) is 0 Å². The van der Waals surface area contributed by atoms with Crippen molar-refractivity contribution >= 4 is 5.82 Å². The van der Waals surface area contributed by atoms with Gasteiger partial charge in [0.15, 0.2) is 0 Å². The van der Waals surface area contributed by atoms with Gasteiger partial charge in [-0.2, -0.15) is 5.10 Å². The van der Waals surface area contributed by atoms with Gasteiger partial charge in [-0.15, -0.1) is 0 Å². The first-order valence-corrected chi connectivity index (χ1v) is 6.21.